The molecule has 0 amide bonds. The van der Waals surface area contributed by atoms with Crippen LogP contribution < -0.4 is 6.15 Å². The van der Waals surface area contributed by atoms with Crippen molar-refractivity contribution in [2.24, 2.45) is 0 Å². The Balaban J connectivity index is -0.00000000614. The van der Waals surface area contributed by atoms with E-state index in [0.29, 0.717) is 0 Å². The zero-order valence-corrected chi connectivity index (χ0v) is 10.5. The van der Waals surface area contributed by atoms with Gasteiger partial charge in [-0.1, -0.05) is 0 Å². The zero-order valence-electron chi connectivity index (χ0n) is 10.0. The molecule has 0 unspecified atom stereocenters. The first-order valence-electron chi connectivity index (χ1n) is 1.35. The van der Waals surface area contributed by atoms with Gasteiger partial charge in [-0.05, 0) is 0 Å². The van der Waals surface area contributed by atoms with Gasteiger partial charge in [0.15, 0.2) is 0 Å². The van der Waals surface area contributed by atoms with E-state index < -0.39 is 12.9 Å². The average Bonchev–Trinajstić information content (AvgIpc) is 1.19. The van der Waals surface area contributed by atoms with Crippen LogP contribution in [-0.4, -0.2) is 85.8 Å². The van der Waals surface area contributed by atoms with Crippen molar-refractivity contribution in [1.82, 2.24) is 6.15 Å². The monoisotopic (exact) mass is 246 g/mol. The first kappa shape index (κ1) is 29.2. The molecule has 72 valence electrons. The normalized spacial score (nSPS) is 6.92. The van der Waals surface area contributed by atoms with Gasteiger partial charge in [-0.15, -0.1) is 10.1 Å². The molecule has 0 radical (unpaired) electrons. The molecule has 0 aromatic carbocycles. The van der Waals surface area contributed by atoms with Crippen molar-refractivity contribution in [2.75, 3.05) is 0 Å². The van der Waals surface area contributed by atoms with Crippen molar-refractivity contribution in [3.63, 3.8) is 0 Å². The molecule has 0 atom stereocenters. The van der Waals surface area contributed by atoms with Gasteiger partial charge in [0, 0.05) is 0 Å². The minimum absolute atomic E-state index is 0. The molecule has 12 heteroatoms. The van der Waals surface area contributed by atoms with Gasteiger partial charge in [0.25, 0.3) is 5.09 Å². The van der Waals surface area contributed by atoms with E-state index in [9.17, 15) is 0 Å². The Morgan fingerprint density at radius 3 is 1.33 bits per heavy atom. The fourth-order valence-electron chi connectivity index (χ4n) is 0. The molecule has 0 aliphatic carbocycles. The average molecular weight is 246 g/mol. The molecule has 0 fully saturated rings. The second-order valence-corrected chi connectivity index (χ2v) is 1.78. The minimum atomic E-state index is -4.64. The quantitative estimate of drug-likeness (QED) is 0.149. The van der Waals surface area contributed by atoms with Gasteiger partial charge in [-0.3, -0.25) is 0 Å². The summed E-state index contributed by atoms with van der Waals surface area (Å²) < 4.78 is 8.88. The maximum Gasteiger partial charge on any atom is 2.00 e. The molecular weight excluding hydrogens is 235 g/mol. The molecule has 0 saturated heterocycles. The van der Waals surface area contributed by atoms with E-state index in [4.69, 9.17) is 34.6 Å². The van der Waals surface area contributed by atoms with Crippen molar-refractivity contribution < 1.29 is 35.2 Å². The van der Waals surface area contributed by atoms with Crippen LogP contribution in [0.2, 0.25) is 0 Å². The van der Waals surface area contributed by atoms with Crippen LogP contribution in [0.5, 0.6) is 0 Å². The number of nitrogens with zero attached hydrogens (tertiary/aromatic N) is 1. The summed E-state index contributed by atoms with van der Waals surface area (Å²) in [5.41, 5.74) is 0. The fourth-order valence-corrected chi connectivity index (χ4v) is 0. The SMILES string of the molecule is N.O=P(O)(O)O.O=[N+]([O-])O.[Ca+2].[H-].[H-].[H-].[H-].[Mg+2]. The number of hydrogen-bond acceptors (Lipinski definition) is 4. The summed E-state index contributed by atoms with van der Waals surface area (Å²) >= 11 is 0. The maximum atomic E-state index is 8.88. The summed E-state index contributed by atoms with van der Waals surface area (Å²) in [7, 11) is -4.64. The summed E-state index contributed by atoms with van der Waals surface area (Å²) in [4.78, 5) is 29.9. The molecule has 0 aromatic rings. The third kappa shape index (κ3) is 713. The third-order valence-electron chi connectivity index (χ3n) is 0. The smallest absolute Gasteiger partial charge is 1.00 e. The van der Waals surface area contributed by atoms with Crippen LogP contribution in [0.15, 0.2) is 0 Å². The first-order valence-corrected chi connectivity index (χ1v) is 2.91. The van der Waals surface area contributed by atoms with Crippen molar-refractivity contribution >= 4 is 68.6 Å². The summed E-state index contributed by atoms with van der Waals surface area (Å²) in [6.45, 7) is 0. The van der Waals surface area contributed by atoms with Gasteiger partial charge in [-0.25, -0.2) is 4.57 Å². The van der Waals surface area contributed by atoms with Gasteiger partial charge in [-0.2, -0.15) is 0 Å². The van der Waals surface area contributed by atoms with Gasteiger partial charge >= 0.3 is 68.6 Å². The van der Waals surface area contributed by atoms with Gasteiger partial charge in [0.1, 0.15) is 0 Å². The number of hydrogen-bond donors (Lipinski definition) is 5. The van der Waals surface area contributed by atoms with Crippen molar-refractivity contribution in [3.05, 3.63) is 10.1 Å². The molecule has 0 heterocycles. The van der Waals surface area contributed by atoms with Crippen LogP contribution in [0.25, 0.3) is 0 Å². The molecule has 0 rings (SSSR count). The molecule has 0 aromatic heterocycles. The van der Waals surface area contributed by atoms with Crippen molar-refractivity contribution in [2.45, 2.75) is 0 Å². The van der Waals surface area contributed by atoms with Gasteiger partial charge in [0.2, 0.25) is 0 Å². The number of phosphoric acid groups is 1. The Bertz CT molecular complexity index is 134. The van der Waals surface area contributed by atoms with E-state index in [1.54, 1.807) is 0 Å². The van der Waals surface area contributed by atoms with Crippen LogP contribution in [0.1, 0.15) is 5.71 Å². The zero-order chi connectivity index (χ0) is 8.08. The Morgan fingerprint density at radius 2 is 1.33 bits per heavy atom. The molecule has 0 saturated carbocycles. The summed E-state index contributed by atoms with van der Waals surface area (Å²) in [6.07, 6.45) is 0. The molecule has 0 aliphatic heterocycles. The van der Waals surface area contributed by atoms with Gasteiger partial charge in [0.05, 0.1) is 0 Å². The Labute approximate surface area is 119 Å². The van der Waals surface area contributed by atoms with E-state index >= 15 is 0 Å². The van der Waals surface area contributed by atoms with Gasteiger partial charge < -0.3 is 31.7 Å². The third-order valence-corrected chi connectivity index (χ3v) is 0. The van der Waals surface area contributed by atoms with E-state index in [0.717, 1.165) is 0 Å². The van der Waals surface area contributed by atoms with E-state index in [1.807, 2.05) is 0 Å². The van der Waals surface area contributed by atoms with Crippen LogP contribution in [0.4, 0.5) is 0 Å². The Hall–Kier alpha value is 1.30. The fraction of sp³-hybridized carbons (Fsp3) is 0. The topological polar surface area (TPSA) is 176 Å². The summed E-state index contributed by atoms with van der Waals surface area (Å²) in [5.74, 6) is 0. The molecule has 0 bridgehead atoms. The summed E-state index contributed by atoms with van der Waals surface area (Å²) in [5, 5.41) is 13.6. The molecule has 0 aliphatic rings. The largest absolute Gasteiger partial charge is 2.00 e. The predicted octanol–water partition coefficient (Wildman–Crippen LogP) is -1.43. The van der Waals surface area contributed by atoms with Crippen LogP contribution in [-0.2, 0) is 4.57 Å². The Kier molecular flexibility index (Phi) is 36.0. The maximum absolute atomic E-state index is 8.88. The van der Waals surface area contributed by atoms with Crippen molar-refractivity contribution in [3.8, 4) is 0 Å². The van der Waals surface area contributed by atoms with Crippen LogP contribution in [0.3, 0.4) is 0 Å². The molecule has 12 heavy (non-hydrogen) atoms. The molecular formula is H11CaMgN2O7P. The van der Waals surface area contributed by atoms with E-state index in [2.05, 4.69) is 0 Å². The van der Waals surface area contributed by atoms with Crippen LogP contribution >= 0.6 is 7.82 Å². The van der Waals surface area contributed by atoms with Crippen molar-refractivity contribution in [1.29, 1.82) is 0 Å². The second kappa shape index (κ2) is 14.8. The molecule has 9 nitrogen and oxygen atoms in total. The first-order chi connectivity index (χ1) is 3.73. The minimum Gasteiger partial charge on any atom is -1.00 e. The molecule has 7 N–H and O–H groups in total. The van der Waals surface area contributed by atoms with E-state index in [1.165, 1.54) is 0 Å². The summed E-state index contributed by atoms with van der Waals surface area (Å²) in [6, 6.07) is 0. The molecule has 0 spiro atoms. The number of rotatable bonds is 0. The second-order valence-electron chi connectivity index (χ2n) is 0.751. The predicted molar refractivity (Wildman–Crippen MR) is 44.0 cm³/mol. The standard InChI is InChI=1S/Ca.Mg.HNO3.H3N.H3O4P.4H/c;;2-1(3)4;;1-5(2,3)4;;;;/h;;(H,2,3,4);1H3;(H3,1,2,3,4);;;;/q2*+2;;;;4*-1. The Morgan fingerprint density at radius 1 is 1.33 bits per heavy atom. The van der Waals surface area contributed by atoms with E-state index in [-0.39, 0.29) is 72.6 Å². The van der Waals surface area contributed by atoms with Crippen LogP contribution in [0, 0.1) is 10.1 Å².